The van der Waals surface area contributed by atoms with Crippen LogP contribution in [0.3, 0.4) is 0 Å². The lowest BCUT2D eigenvalue weighted by molar-refractivity contribution is 0.0600. The van der Waals surface area contributed by atoms with Crippen LogP contribution in [-0.4, -0.2) is 32.4 Å². The highest BCUT2D eigenvalue weighted by Crippen LogP contribution is 2.19. The van der Waals surface area contributed by atoms with Crippen LogP contribution in [0.4, 0.5) is 4.39 Å². The molecule has 0 radical (unpaired) electrons. The van der Waals surface area contributed by atoms with Gasteiger partial charge in [-0.25, -0.2) is 18.5 Å². The van der Waals surface area contributed by atoms with E-state index in [-0.39, 0.29) is 34.9 Å². The summed E-state index contributed by atoms with van der Waals surface area (Å²) < 4.78 is 25.9. The Balaban J connectivity index is 1.69. The summed E-state index contributed by atoms with van der Waals surface area (Å²) in [4.78, 5) is 43.6. The molecule has 0 aliphatic heterocycles. The van der Waals surface area contributed by atoms with Crippen LogP contribution >= 0.6 is 0 Å². The summed E-state index contributed by atoms with van der Waals surface area (Å²) in [6, 6.07) is 18.4. The third-order valence-electron chi connectivity index (χ3n) is 5.45. The molecule has 0 unspecified atom stereocenters. The van der Waals surface area contributed by atoms with Crippen molar-refractivity contribution in [1.82, 2.24) is 19.3 Å². The molecule has 0 aliphatic carbocycles. The number of para-hydroxylation sites is 2. The van der Waals surface area contributed by atoms with Crippen molar-refractivity contribution in [3.63, 3.8) is 0 Å². The smallest absolute Gasteiger partial charge is 0.339 e. The van der Waals surface area contributed by atoms with E-state index in [0.717, 1.165) is 4.57 Å². The minimum Gasteiger partial charge on any atom is -0.465 e. The van der Waals surface area contributed by atoms with Gasteiger partial charge in [0.05, 0.1) is 29.3 Å². The predicted octanol–water partition coefficient (Wildman–Crippen LogP) is 3.18. The molecule has 2 heterocycles. The second kappa shape index (κ2) is 8.82. The third kappa shape index (κ3) is 3.90. The van der Waals surface area contributed by atoms with Gasteiger partial charge in [0.25, 0.3) is 5.56 Å². The Morgan fingerprint density at radius 3 is 2.60 bits per heavy atom. The van der Waals surface area contributed by atoms with E-state index < -0.39 is 23.0 Å². The van der Waals surface area contributed by atoms with Crippen molar-refractivity contribution in [3.8, 4) is 17.1 Å². The van der Waals surface area contributed by atoms with E-state index in [1.807, 2.05) is 0 Å². The van der Waals surface area contributed by atoms with Crippen molar-refractivity contribution < 1.29 is 18.4 Å². The van der Waals surface area contributed by atoms with Crippen molar-refractivity contribution in [3.05, 3.63) is 111 Å². The number of esters is 1. The van der Waals surface area contributed by atoms with Crippen LogP contribution in [0.15, 0.2) is 86.9 Å². The van der Waals surface area contributed by atoms with Crippen LogP contribution in [0.1, 0.15) is 16.2 Å². The normalized spacial score (nSPS) is 11.0. The van der Waals surface area contributed by atoms with Gasteiger partial charge in [0, 0.05) is 5.56 Å². The molecular weight excluding hydrogens is 455 g/mol. The van der Waals surface area contributed by atoms with E-state index in [1.165, 1.54) is 42.0 Å². The van der Waals surface area contributed by atoms with Gasteiger partial charge in [-0.3, -0.25) is 9.36 Å². The standard InChI is InChI=1S/C25H17FN4O5/c1-34-24(32)18-10-3-5-12-20(18)30-23(31)17-9-2-4-11-19(17)29(25(30)33)14-21-27-22(28-35-21)15-7-6-8-16(26)13-15/h2-13H,14H2,1H3. The molecule has 5 aromatic rings. The number of ether oxygens (including phenoxy) is 1. The molecular formula is C25H17FN4O5. The Morgan fingerprint density at radius 2 is 1.80 bits per heavy atom. The number of hydrogen-bond acceptors (Lipinski definition) is 7. The first kappa shape index (κ1) is 22.0. The number of benzene rings is 3. The summed E-state index contributed by atoms with van der Waals surface area (Å²) in [6.07, 6.45) is 0. The number of carbonyl (C=O) groups excluding carboxylic acids is 1. The molecule has 0 aliphatic rings. The first-order chi connectivity index (χ1) is 17.0. The lowest BCUT2D eigenvalue weighted by Crippen LogP contribution is -2.40. The van der Waals surface area contributed by atoms with Gasteiger partial charge in [0.1, 0.15) is 12.4 Å². The number of nitrogens with zero attached hydrogens (tertiary/aromatic N) is 4. The van der Waals surface area contributed by atoms with Gasteiger partial charge in [-0.05, 0) is 36.4 Å². The molecule has 2 aromatic heterocycles. The molecule has 0 bridgehead atoms. The molecule has 0 amide bonds. The largest absolute Gasteiger partial charge is 0.465 e. The quantitative estimate of drug-likeness (QED) is 0.362. The van der Waals surface area contributed by atoms with E-state index in [0.29, 0.717) is 11.1 Å². The Hall–Kier alpha value is -4.86. The van der Waals surface area contributed by atoms with E-state index in [9.17, 15) is 18.8 Å². The summed E-state index contributed by atoms with van der Waals surface area (Å²) in [5.74, 6) is -0.917. The molecule has 0 fully saturated rings. The predicted molar refractivity (Wildman–Crippen MR) is 124 cm³/mol. The van der Waals surface area contributed by atoms with Crippen molar-refractivity contribution in [2.24, 2.45) is 0 Å². The lowest BCUT2D eigenvalue weighted by Gasteiger charge is -2.14. The first-order valence-electron chi connectivity index (χ1n) is 10.5. The Bertz CT molecular complexity index is 1700. The number of rotatable bonds is 5. The highest BCUT2D eigenvalue weighted by atomic mass is 19.1. The molecule has 35 heavy (non-hydrogen) atoms. The van der Waals surface area contributed by atoms with Crippen molar-refractivity contribution in [2.75, 3.05) is 7.11 Å². The van der Waals surface area contributed by atoms with Gasteiger partial charge in [-0.2, -0.15) is 4.98 Å². The Labute approximate surface area is 196 Å². The van der Waals surface area contributed by atoms with Gasteiger partial charge >= 0.3 is 11.7 Å². The number of hydrogen-bond donors (Lipinski definition) is 0. The van der Waals surface area contributed by atoms with Crippen molar-refractivity contribution in [1.29, 1.82) is 0 Å². The highest BCUT2D eigenvalue weighted by molar-refractivity contribution is 5.93. The fraction of sp³-hybridized carbons (Fsp3) is 0.0800. The van der Waals surface area contributed by atoms with Crippen LogP contribution in [0.5, 0.6) is 0 Å². The molecule has 0 N–H and O–H groups in total. The molecule has 0 saturated heterocycles. The maximum atomic E-state index is 13.6. The van der Waals surface area contributed by atoms with Crippen LogP contribution < -0.4 is 11.2 Å². The summed E-state index contributed by atoms with van der Waals surface area (Å²) in [6.45, 7) is -0.164. The van der Waals surface area contributed by atoms with E-state index in [1.54, 1.807) is 42.5 Å². The minimum absolute atomic E-state index is 0.0576. The zero-order valence-corrected chi connectivity index (χ0v) is 18.3. The Kier molecular flexibility index (Phi) is 5.54. The SMILES string of the molecule is COC(=O)c1ccccc1-n1c(=O)c2ccccc2n(Cc2nc(-c3cccc(F)c3)no2)c1=O. The number of halogens is 1. The molecule has 5 rings (SSSR count). The van der Waals surface area contributed by atoms with Gasteiger partial charge in [0.2, 0.25) is 11.7 Å². The summed E-state index contributed by atoms with van der Waals surface area (Å²) in [7, 11) is 1.21. The number of carbonyl (C=O) groups is 1. The fourth-order valence-corrected chi connectivity index (χ4v) is 3.84. The number of aromatic nitrogens is 4. The van der Waals surface area contributed by atoms with Gasteiger partial charge in [0.15, 0.2) is 0 Å². The van der Waals surface area contributed by atoms with Crippen molar-refractivity contribution >= 4 is 16.9 Å². The van der Waals surface area contributed by atoms with Crippen molar-refractivity contribution in [2.45, 2.75) is 6.54 Å². The molecule has 9 nitrogen and oxygen atoms in total. The second-order valence-corrected chi connectivity index (χ2v) is 7.56. The lowest BCUT2D eigenvalue weighted by atomic mass is 10.1. The number of methoxy groups -OCH3 is 1. The molecule has 0 saturated carbocycles. The highest BCUT2D eigenvalue weighted by Gasteiger charge is 2.21. The zero-order chi connectivity index (χ0) is 24.5. The molecule has 0 spiro atoms. The van der Waals surface area contributed by atoms with E-state index in [2.05, 4.69) is 10.1 Å². The van der Waals surface area contributed by atoms with Gasteiger partial charge in [-0.15, -0.1) is 0 Å². The molecule has 174 valence electrons. The van der Waals surface area contributed by atoms with Gasteiger partial charge in [-0.1, -0.05) is 41.6 Å². The summed E-state index contributed by atoms with van der Waals surface area (Å²) in [5, 5.41) is 4.13. The van der Waals surface area contributed by atoms with Crippen LogP contribution in [-0.2, 0) is 11.3 Å². The monoisotopic (exact) mass is 472 g/mol. The summed E-state index contributed by atoms with van der Waals surface area (Å²) in [5.41, 5.74) is -0.407. The average Bonchev–Trinajstić information content (AvgIpc) is 3.35. The molecule has 10 heteroatoms. The maximum absolute atomic E-state index is 13.6. The third-order valence-corrected chi connectivity index (χ3v) is 5.45. The van der Waals surface area contributed by atoms with Crippen LogP contribution in [0.2, 0.25) is 0 Å². The topological polar surface area (TPSA) is 109 Å². The zero-order valence-electron chi connectivity index (χ0n) is 18.3. The van der Waals surface area contributed by atoms with Crippen LogP contribution in [0, 0.1) is 5.82 Å². The molecule has 3 aromatic carbocycles. The van der Waals surface area contributed by atoms with E-state index in [4.69, 9.17) is 9.26 Å². The van der Waals surface area contributed by atoms with Gasteiger partial charge < -0.3 is 9.26 Å². The maximum Gasteiger partial charge on any atom is 0.339 e. The summed E-state index contributed by atoms with van der Waals surface area (Å²) >= 11 is 0. The Morgan fingerprint density at radius 1 is 1.03 bits per heavy atom. The fourth-order valence-electron chi connectivity index (χ4n) is 3.84. The molecule has 0 atom stereocenters. The first-order valence-corrected chi connectivity index (χ1v) is 10.5. The minimum atomic E-state index is -0.712. The number of fused-ring (bicyclic) bond motifs is 1. The van der Waals surface area contributed by atoms with Crippen LogP contribution in [0.25, 0.3) is 28.0 Å². The second-order valence-electron chi connectivity index (χ2n) is 7.56. The van der Waals surface area contributed by atoms with E-state index >= 15 is 0 Å². The average molecular weight is 472 g/mol.